The first-order chi connectivity index (χ1) is 28.0. The molecule has 0 spiro atoms. The summed E-state index contributed by atoms with van der Waals surface area (Å²) in [4.78, 5) is 25.9. The lowest BCUT2D eigenvalue weighted by Crippen LogP contribution is -2.46. The van der Waals surface area contributed by atoms with Crippen LogP contribution in [0.15, 0.2) is 122 Å². The number of amides is 1. The van der Waals surface area contributed by atoms with E-state index in [0.29, 0.717) is 19.3 Å². The number of hydrogen-bond donors (Lipinski definition) is 3. The fraction of sp³-hybridized carbons (Fsp3) is 0.569. The molecule has 3 N–H and O–H groups in total. The molecule has 0 aromatic heterocycles. The topological polar surface area (TPSA) is 95.9 Å². The number of aliphatic hydroxyl groups is 2. The van der Waals surface area contributed by atoms with E-state index in [1.165, 1.54) is 51.4 Å². The van der Waals surface area contributed by atoms with E-state index in [1.54, 1.807) is 0 Å². The number of rotatable bonds is 37. The number of unbranched alkanes of at least 4 members (excludes halogenated alkanes) is 10. The van der Waals surface area contributed by atoms with Crippen LogP contribution in [0.5, 0.6) is 0 Å². The van der Waals surface area contributed by atoms with Gasteiger partial charge in [-0.2, -0.15) is 0 Å². The fourth-order valence-electron chi connectivity index (χ4n) is 5.85. The maximum atomic E-state index is 13.1. The quantitative estimate of drug-likeness (QED) is 0.0252. The first-order valence-electron chi connectivity index (χ1n) is 22.3. The predicted octanol–water partition coefficient (Wildman–Crippen LogP) is 12.9. The molecule has 0 aliphatic rings. The predicted molar refractivity (Wildman–Crippen MR) is 245 cm³/mol. The molecule has 3 atom stereocenters. The summed E-state index contributed by atoms with van der Waals surface area (Å²) in [5, 5.41) is 23.5. The van der Waals surface area contributed by atoms with Gasteiger partial charge in [0, 0.05) is 12.8 Å². The molecule has 320 valence electrons. The van der Waals surface area contributed by atoms with Crippen LogP contribution in [-0.2, 0) is 14.3 Å². The fourth-order valence-corrected chi connectivity index (χ4v) is 5.85. The molecule has 57 heavy (non-hydrogen) atoms. The maximum absolute atomic E-state index is 13.1. The molecule has 0 heterocycles. The summed E-state index contributed by atoms with van der Waals surface area (Å²) in [6.07, 6.45) is 60.0. The van der Waals surface area contributed by atoms with Crippen LogP contribution < -0.4 is 5.32 Å². The number of carbonyl (C=O) groups excluding carboxylic acids is 2. The second-order valence-electron chi connectivity index (χ2n) is 14.5. The van der Waals surface area contributed by atoms with Gasteiger partial charge < -0.3 is 20.3 Å². The number of esters is 1. The molecular formula is C51H81NO5. The third kappa shape index (κ3) is 38.9. The first-order valence-corrected chi connectivity index (χ1v) is 22.3. The monoisotopic (exact) mass is 788 g/mol. The molecule has 0 aromatic rings. The largest absolute Gasteiger partial charge is 0.461 e. The summed E-state index contributed by atoms with van der Waals surface area (Å²) >= 11 is 0. The van der Waals surface area contributed by atoms with Crippen molar-refractivity contribution in [2.75, 3.05) is 6.61 Å². The number of nitrogens with one attached hydrogen (secondary N) is 1. The summed E-state index contributed by atoms with van der Waals surface area (Å²) in [6.45, 7) is 6.12. The average Bonchev–Trinajstić information content (AvgIpc) is 3.20. The number of carbonyl (C=O) groups is 2. The Bertz CT molecular complexity index is 1250. The third-order valence-electron chi connectivity index (χ3n) is 9.18. The van der Waals surface area contributed by atoms with Crippen molar-refractivity contribution in [3.8, 4) is 0 Å². The highest BCUT2D eigenvalue weighted by Crippen LogP contribution is 2.14. The molecule has 0 fully saturated rings. The summed E-state index contributed by atoms with van der Waals surface area (Å²) < 4.78 is 5.76. The lowest BCUT2D eigenvalue weighted by atomic mass is 10.0. The normalized spacial score (nSPS) is 14.5. The van der Waals surface area contributed by atoms with Gasteiger partial charge in [-0.05, 0) is 51.4 Å². The molecule has 0 aliphatic carbocycles. The molecule has 0 radical (unpaired) electrons. The summed E-state index contributed by atoms with van der Waals surface area (Å²) in [5.74, 6) is -0.724. The van der Waals surface area contributed by atoms with Gasteiger partial charge in [0.2, 0.25) is 5.91 Å². The summed E-state index contributed by atoms with van der Waals surface area (Å²) in [6, 6.07) is -0.760. The van der Waals surface area contributed by atoms with E-state index >= 15 is 0 Å². The highest BCUT2D eigenvalue weighted by atomic mass is 16.5. The average molecular weight is 788 g/mol. The second kappa shape index (κ2) is 43.4. The SMILES string of the molecule is CC/C=C/C=C/C=C\C=C/C=C/CC(CC(=O)NC(CO)C(O)CCCCCCCCCCCCC)OC(=O)CC/C=C/C/C=C/C/C=C/C/C=C/C/C=C/CC. The third-order valence-corrected chi connectivity index (χ3v) is 9.18. The van der Waals surface area contributed by atoms with E-state index in [4.69, 9.17) is 4.74 Å². The number of allylic oxidation sites excluding steroid dienone is 19. The Morgan fingerprint density at radius 3 is 1.53 bits per heavy atom. The van der Waals surface area contributed by atoms with Gasteiger partial charge in [-0.25, -0.2) is 0 Å². The minimum absolute atomic E-state index is 0.0564. The van der Waals surface area contributed by atoms with Crippen LogP contribution in [0.1, 0.15) is 162 Å². The van der Waals surface area contributed by atoms with Gasteiger partial charge in [0.05, 0.1) is 25.2 Å². The van der Waals surface area contributed by atoms with Crippen molar-refractivity contribution < 1.29 is 24.5 Å². The Kier molecular flexibility index (Phi) is 40.5. The minimum Gasteiger partial charge on any atom is -0.461 e. The number of aliphatic hydroxyl groups excluding tert-OH is 2. The van der Waals surface area contributed by atoms with Gasteiger partial charge in [-0.1, -0.05) is 213 Å². The van der Waals surface area contributed by atoms with Crippen LogP contribution in [0.3, 0.4) is 0 Å². The first kappa shape index (κ1) is 53.3. The van der Waals surface area contributed by atoms with Crippen molar-refractivity contribution in [3.05, 3.63) is 122 Å². The van der Waals surface area contributed by atoms with Gasteiger partial charge >= 0.3 is 5.97 Å². The van der Waals surface area contributed by atoms with Gasteiger partial charge in [0.1, 0.15) is 6.10 Å². The zero-order chi connectivity index (χ0) is 41.7. The molecular weight excluding hydrogens is 707 g/mol. The highest BCUT2D eigenvalue weighted by molar-refractivity contribution is 5.77. The standard InChI is InChI=1S/C51H81NO5/c1-4-7-10-13-16-19-22-23-24-25-26-29-32-35-38-41-44-51(56)57-47(42-39-36-33-30-27-20-17-14-11-8-5-2)45-50(55)52-48(46-53)49(54)43-40-37-34-31-28-21-18-15-12-9-6-3/h7-8,10-11,14,16-17,19-20,23-24,26-27,29-30,33,35-36,38-39,47-49,53-54H,4-6,9,12-13,15,18,21-22,25,28,31-32,34,37,40-46H2,1-3H3,(H,52,55)/b10-7+,11-8+,17-14+,19-16+,24-23+,27-20-,29-26+,33-30-,38-35+,39-36+. The summed E-state index contributed by atoms with van der Waals surface area (Å²) in [7, 11) is 0. The van der Waals surface area contributed by atoms with Crippen molar-refractivity contribution >= 4 is 11.9 Å². The van der Waals surface area contributed by atoms with Gasteiger partial charge in [-0.15, -0.1) is 0 Å². The van der Waals surface area contributed by atoms with Crippen molar-refractivity contribution in [2.45, 2.75) is 180 Å². The van der Waals surface area contributed by atoms with Gasteiger partial charge in [-0.3, -0.25) is 9.59 Å². The Balaban J connectivity index is 4.87. The van der Waals surface area contributed by atoms with E-state index < -0.39 is 18.2 Å². The van der Waals surface area contributed by atoms with E-state index in [1.807, 2.05) is 66.8 Å². The maximum Gasteiger partial charge on any atom is 0.306 e. The number of ether oxygens (including phenoxy) is 1. The minimum atomic E-state index is -0.836. The van der Waals surface area contributed by atoms with Gasteiger partial charge in [0.15, 0.2) is 0 Å². The summed E-state index contributed by atoms with van der Waals surface area (Å²) in [5.41, 5.74) is 0. The van der Waals surface area contributed by atoms with E-state index in [0.717, 1.165) is 57.8 Å². The van der Waals surface area contributed by atoms with E-state index in [-0.39, 0.29) is 31.3 Å². The van der Waals surface area contributed by atoms with Crippen molar-refractivity contribution in [1.82, 2.24) is 5.32 Å². The molecule has 0 saturated carbocycles. The van der Waals surface area contributed by atoms with Crippen LogP contribution in [0.2, 0.25) is 0 Å². The molecule has 0 aromatic carbocycles. The second-order valence-corrected chi connectivity index (χ2v) is 14.5. The Labute approximate surface area is 349 Å². The molecule has 0 aliphatic heterocycles. The molecule has 0 bridgehead atoms. The van der Waals surface area contributed by atoms with Gasteiger partial charge in [0.25, 0.3) is 0 Å². The Morgan fingerprint density at radius 2 is 1.02 bits per heavy atom. The van der Waals surface area contributed by atoms with Crippen molar-refractivity contribution in [1.29, 1.82) is 0 Å². The molecule has 6 nitrogen and oxygen atoms in total. The smallest absolute Gasteiger partial charge is 0.306 e. The van der Waals surface area contributed by atoms with Crippen LogP contribution >= 0.6 is 0 Å². The zero-order valence-corrected chi connectivity index (χ0v) is 36.2. The molecule has 1 amide bonds. The van der Waals surface area contributed by atoms with Crippen molar-refractivity contribution in [3.63, 3.8) is 0 Å². The molecule has 0 rings (SSSR count). The van der Waals surface area contributed by atoms with Crippen LogP contribution in [0.4, 0.5) is 0 Å². The van der Waals surface area contributed by atoms with E-state index in [2.05, 4.69) is 80.8 Å². The highest BCUT2D eigenvalue weighted by Gasteiger charge is 2.23. The lowest BCUT2D eigenvalue weighted by Gasteiger charge is -2.24. The molecule has 3 unspecified atom stereocenters. The Hall–Kier alpha value is -3.74. The lowest BCUT2D eigenvalue weighted by molar-refractivity contribution is -0.150. The zero-order valence-electron chi connectivity index (χ0n) is 36.2. The molecule has 6 heteroatoms. The number of hydrogen-bond acceptors (Lipinski definition) is 5. The van der Waals surface area contributed by atoms with Crippen LogP contribution in [0, 0.1) is 0 Å². The van der Waals surface area contributed by atoms with Crippen LogP contribution in [0.25, 0.3) is 0 Å². The van der Waals surface area contributed by atoms with E-state index in [9.17, 15) is 19.8 Å². The molecule has 0 saturated heterocycles. The Morgan fingerprint density at radius 1 is 0.561 bits per heavy atom. The van der Waals surface area contributed by atoms with Crippen molar-refractivity contribution in [2.24, 2.45) is 0 Å². The van der Waals surface area contributed by atoms with Crippen LogP contribution in [-0.4, -0.2) is 46.9 Å².